The number of likely N-dealkylation sites (tertiary alicyclic amines) is 1. The molecule has 5 nitrogen and oxygen atoms in total. The van der Waals surface area contributed by atoms with Crippen LogP contribution in [0.2, 0.25) is 0 Å². The number of amides is 2. The van der Waals surface area contributed by atoms with E-state index in [4.69, 9.17) is 5.73 Å². The molecule has 6 heteroatoms. The van der Waals surface area contributed by atoms with Gasteiger partial charge in [0.1, 0.15) is 0 Å². The van der Waals surface area contributed by atoms with Gasteiger partial charge in [-0.2, -0.15) is 0 Å². The quantitative estimate of drug-likeness (QED) is 0.819. The van der Waals surface area contributed by atoms with Crippen LogP contribution in [0.15, 0.2) is 24.3 Å². The monoisotopic (exact) mass is 393 g/mol. The highest BCUT2D eigenvalue weighted by Crippen LogP contribution is 2.29. The third-order valence-electron chi connectivity index (χ3n) is 5.95. The molecule has 2 amide bonds. The molecule has 0 aromatic heterocycles. The van der Waals surface area contributed by atoms with E-state index in [0.29, 0.717) is 24.3 Å². The van der Waals surface area contributed by atoms with E-state index in [1.807, 2.05) is 23.1 Å². The van der Waals surface area contributed by atoms with Gasteiger partial charge < -0.3 is 16.0 Å². The zero-order valence-electron chi connectivity index (χ0n) is 16.4. The second-order valence-corrected chi connectivity index (χ2v) is 8.52. The molecule has 3 rings (SSSR count). The number of nitrogens with zero attached hydrogens (tertiary/aromatic N) is 1. The number of benzene rings is 1. The molecule has 1 aliphatic heterocycles. The normalized spacial score (nSPS) is 22.6. The number of hydrogen-bond acceptors (Lipinski definition) is 3. The van der Waals surface area contributed by atoms with Crippen LogP contribution in [0.5, 0.6) is 0 Å². The molecule has 0 bridgehead atoms. The minimum Gasteiger partial charge on any atom is -0.338 e. The summed E-state index contributed by atoms with van der Waals surface area (Å²) in [5.41, 5.74) is 7.43. The lowest BCUT2D eigenvalue weighted by molar-refractivity contribution is -0.120. The molecule has 2 aliphatic rings. The summed E-state index contributed by atoms with van der Waals surface area (Å²) in [4.78, 5) is 27.2. The fourth-order valence-electron chi connectivity index (χ4n) is 4.07. The number of carbonyl (C=O) groups excluding carboxylic acids is 2. The Morgan fingerprint density at radius 1 is 1.15 bits per heavy atom. The van der Waals surface area contributed by atoms with Crippen molar-refractivity contribution in [2.45, 2.75) is 58.4 Å². The average Bonchev–Trinajstić information content (AvgIpc) is 2.64. The standard InChI is InChI=1S/C21H31N3O2.ClH/c1-21(2)14-24(12-11-18(21)22)20(26)16-9-6-10-17(13-16)23-19(25)15-7-4-3-5-8-15;/h6,9-10,13,15,18H,3-5,7-8,11-12,14,22H2,1-2H3,(H,23,25);1H. The topological polar surface area (TPSA) is 75.4 Å². The molecular formula is C21H32ClN3O2. The highest BCUT2D eigenvalue weighted by Gasteiger charge is 2.35. The molecule has 1 aromatic rings. The van der Waals surface area contributed by atoms with Crippen molar-refractivity contribution in [2.75, 3.05) is 18.4 Å². The summed E-state index contributed by atoms with van der Waals surface area (Å²) in [5.74, 6) is 0.200. The van der Waals surface area contributed by atoms with Crippen LogP contribution in [0.3, 0.4) is 0 Å². The molecule has 1 aromatic carbocycles. The molecular weight excluding hydrogens is 362 g/mol. The second-order valence-electron chi connectivity index (χ2n) is 8.52. The summed E-state index contributed by atoms with van der Waals surface area (Å²) >= 11 is 0. The van der Waals surface area contributed by atoms with E-state index in [9.17, 15) is 9.59 Å². The Kier molecular flexibility index (Phi) is 7.29. The summed E-state index contributed by atoms with van der Waals surface area (Å²) in [5, 5.41) is 3.00. The summed E-state index contributed by atoms with van der Waals surface area (Å²) in [7, 11) is 0. The smallest absolute Gasteiger partial charge is 0.253 e. The second kappa shape index (κ2) is 9.07. The fraction of sp³-hybridized carbons (Fsp3) is 0.619. The predicted octanol–water partition coefficient (Wildman–Crippen LogP) is 3.83. The molecule has 1 aliphatic carbocycles. The van der Waals surface area contributed by atoms with E-state index >= 15 is 0 Å². The van der Waals surface area contributed by atoms with E-state index in [2.05, 4.69) is 19.2 Å². The minimum absolute atomic E-state index is 0. The molecule has 1 heterocycles. The van der Waals surface area contributed by atoms with E-state index < -0.39 is 0 Å². The number of anilines is 1. The van der Waals surface area contributed by atoms with Crippen LogP contribution in [-0.2, 0) is 4.79 Å². The van der Waals surface area contributed by atoms with Crippen LogP contribution >= 0.6 is 12.4 Å². The van der Waals surface area contributed by atoms with Crippen LogP contribution in [0.25, 0.3) is 0 Å². The SMILES string of the molecule is CC1(C)CN(C(=O)c2cccc(NC(=O)C3CCCCC3)c2)CCC1N.Cl. The summed E-state index contributed by atoms with van der Waals surface area (Å²) in [6, 6.07) is 7.43. The molecule has 2 fully saturated rings. The van der Waals surface area contributed by atoms with Gasteiger partial charge in [-0.1, -0.05) is 39.2 Å². The summed E-state index contributed by atoms with van der Waals surface area (Å²) in [6.45, 7) is 5.56. The van der Waals surface area contributed by atoms with Gasteiger partial charge in [0, 0.05) is 36.3 Å². The molecule has 1 atom stereocenters. The maximum Gasteiger partial charge on any atom is 0.253 e. The molecule has 27 heavy (non-hydrogen) atoms. The Balaban J connectivity index is 0.00000261. The van der Waals surface area contributed by atoms with Crippen LogP contribution in [0.1, 0.15) is 62.7 Å². The number of hydrogen-bond donors (Lipinski definition) is 2. The number of halogens is 1. The Bertz CT molecular complexity index is 671. The number of nitrogens with two attached hydrogens (primary N) is 1. The van der Waals surface area contributed by atoms with Crippen molar-refractivity contribution in [3.05, 3.63) is 29.8 Å². The Hall–Kier alpha value is -1.59. The van der Waals surface area contributed by atoms with Gasteiger partial charge in [0.2, 0.25) is 5.91 Å². The van der Waals surface area contributed by atoms with E-state index in [-0.39, 0.29) is 41.6 Å². The Morgan fingerprint density at radius 3 is 2.52 bits per heavy atom. The highest BCUT2D eigenvalue weighted by molar-refractivity contribution is 5.97. The van der Waals surface area contributed by atoms with Crippen molar-refractivity contribution in [3.8, 4) is 0 Å². The van der Waals surface area contributed by atoms with Gasteiger partial charge in [-0.25, -0.2) is 0 Å². The molecule has 1 saturated heterocycles. The average molecular weight is 394 g/mol. The first-order valence-corrected chi connectivity index (χ1v) is 9.82. The molecule has 3 N–H and O–H groups in total. The number of piperidine rings is 1. The largest absolute Gasteiger partial charge is 0.338 e. The van der Waals surface area contributed by atoms with Gasteiger partial charge in [-0.05, 0) is 42.9 Å². The first kappa shape index (κ1) is 21.7. The summed E-state index contributed by atoms with van der Waals surface area (Å²) in [6.07, 6.45) is 6.23. The molecule has 0 spiro atoms. The fourth-order valence-corrected chi connectivity index (χ4v) is 4.07. The zero-order chi connectivity index (χ0) is 18.7. The van der Waals surface area contributed by atoms with Gasteiger partial charge in [0.15, 0.2) is 0 Å². The van der Waals surface area contributed by atoms with E-state index in [1.54, 1.807) is 6.07 Å². The van der Waals surface area contributed by atoms with Crippen LogP contribution in [0.4, 0.5) is 5.69 Å². The highest BCUT2D eigenvalue weighted by atomic mass is 35.5. The molecule has 0 radical (unpaired) electrons. The Morgan fingerprint density at radius 2 is 1.85 bits per heavy atom. The van der Waals surface area contributed by atoms with Gasteiger partial charge in [0.05, 0.1) is 0 Å². The molecule has 150 valence electrons. The number of carbonyl (C=O) groups is 2. The van der Waals surface area contributed by atoms with Gasteiger partial charge in [-0.15, -0.1) is 12.4 Å². The first-order valence-electron chi connectivity index (χ1n) is 9.82. The zero-order valence-corrected chi connectivity index (χ0v) is 17.2. The lowest BCUT2D eigenvalue weighted by atomic mass is 9.79. The van der Waals surface area contributed by atoms with Gasteiger partial charge >= 0.3 is 0 Å². The number of nitrogens with one attached hydrogen (secondary N) is 1. The molecule has 1 saturated carbocycles. The van der Waals surface area contributed by atoms with Crippen molar-refractivity contribution in [1.29, 1.82) is 0 Å². The molecule has 1 unspecified atom stereocenters. The van der Waals surface area contributed by atoms with Gasteiger partial charge in [0.25, 0.3) is 5.91 Å². The minimum atomic E-state index is -0.0826. The maximum atomic E-state index is 12.9. The van der Waals surface area contributed by atoms with Crippen LogP contribution < -0.4 is 11.1 Å². The number of rotatable bonds is 3. The maximum absolute atomic E-state index is 12.9. The van der Waals surface area contributed by atoms with Crippen molar-refractivity contribution < 1.29 is 9.59 Å². The van der Waals surface area contributed by atoms with Crippen molar-refractivity contribution in [1.82, 2.24) is 4.90 Å². The van der Waals surface area contributed by atoms with E-state index in [0.717, 1.165) is 32.1 Å². The predicted molar refractivity (Wildman–Crippen MR) is 111 cm³/mol. The third-order valence-corrected chi connectivity index (χ3v) is 5.95. The van der Waals surface area contributed by atoms with E-state index in [1.165, 1.54) is 6.42 Å². The lowest BCUT2D eigenvalue weighted by Crippen LogP contribution is -2.54. The van der Waals surface area contributed by atoms with Crippen LogP contribution in [0, 0.1) is 11.3 Å². The van der Waals surface area contributed by atoms with Gasteiger partial charge in [-0.3, -0.25) is 9.59 Å². The van der Waals surface area contributed by atoms with Crippen molar-refractivity contribution in [3.63, 3.8) is 0 Å². The van der Waals surface area contributed by atoms with Crippen LogP contribution in [-0.4, -0.2) is 35.8 Å². The summed E-state index contributed by atoms with van der Waals surface area (Å²) < 4.78 is 0. The third kappa shape index (κ3) is 5.23. The first-order chi connectivity index (χ1) is 12.4. The Labute approximate surface area is 168 Å². The van der Waals surface area contributed by atoms with Crippen molar-refractivity contribution >= 4 is 29.9 Å². The van der Waals surface area contributed by atoms with Crippen molar-refractivity contribution in [2.24, 2.45) is 17.1 Å². The lowest BCUT2D eigenvalue weighted by Gasteiger charge is -2.42.